The average molecular weight is 225 g/mol. The van der Waals surface area contributed by atoms with Crippen LogP contribution in [0, 0.1) is 11.8 Å². The number of rotatable bonds is 2. The summed E-state index contributed by atoms with van der Waals surface area (Å²) in [6.07, 6.45) is 8.27. The van der Waals surface area contributed by atoms with Crippen molar-refractivity contribution < 1.29 is 5.11 Å². The second-order valence-corrected chi connectivity index (χ2v) is 6.21. The van der Waals surface area contributed by atoms with Crippen molar-refractivity contribution in [1.29, 1.82) is 0 Å². The van der Waals surface area contributed by atoms with Crippen LogP contribution in [0.15, 0.2) is 0 Å². The Morgan fingerprint density at radius 3 is 2.62 bits per heavy atom. The van der Waals surface area contributed by atoms with E-state index in [1.165, 1.54) is 32.1 Å². The quantitative estimate of drug-likeness (QED) is 0.757. The number of piperidine rings is 1. The van der Waals surface area contributed by atoms with E-state index in [9.17, 15) is 5.11 Å². The van der Waals surface area contributed by atoms with Gasteiger partial charge < -0.3 is 10.4 Å². The van der Waals surface area contributed by atoms with E-state index in [2.05, 4.69) is 19.2 Å². The molecule has 2 nitrogen and oxygen atoms in total. The SMILES string of the molecule is CC(C)C1CCCC(O)(C2CCCCN2)C1. The van der Waals surface area contributed by atoms with Gasteiger partial charge in [0.2, 0.25) is 0 Å². The molecule has 2 fully saturated rings. The van der Waals surface area contributed by atoms with E-state index in [0.717, 1.165) is 31.2 Å². The molecular weight excluding hydrogens is 198 g/mol. The van der Waals surface area contributed by atoms with Gasteiger partial charge in [0.1, 0.15) is 0 Å². The lowest BCUT2D eigenvalue weighted by atomic mass is 9.69. The van der Waals surface area contributed by atoms with Crippen LogP contribution in [0.2, 0.25) is 0 Å². The molecule has 94 valence electrons. The maximum absolute atomic E-state index is 10.9. The summed E-state index contributed by atoms with van der Waals surface area (Å²) < 4.78 is 0. The fraction of sp³-hybridized carbons (Fsp3) is 1.00. The Bertz CT molecular complexity index is 223. The minimum atomic E-state index is -0.409. The topological polar surface area (TPSA) is 32.3 Å². The van der Waals surface area contributed by atoms with Crippen molar-refractivity contribution in [2.75, 3.05) is 6.54 Å². The standard InChI is InChI=1S/C14H27NO/c1-11(2)12-6-5-8-14(16,10-12)13-7-3-4-9-15-13/h11-13,15-16H,3-10H2,1-2H3. The molecule has 0 spiro atoms. The summed E-state index contributed by atoms with van der Waals surface area (Å²) >= 11 is 0. The highest BCUT2D eigenvalue weighted by molar-refractivity contribution is 4.97. The smallest absolute Gasteiger partial charge is 0.0802 e. The van der Waals surface area contributed by atoms with Crippen LogP contribution >= 0.6 is 0 Å². The van der Waals surface area contributed by atoms with Crippen LogP contribution in [0.4, 0.5) is 0 Å². The van der Waals surface area contributed by atoms with Crippen molar-refractivity contribution in [1.82, 2.24) is 5.32 Å². The van der Waals surface area contributed by atoms with E-state index in [0.29, 0.717) is 6.04 Å². The molecule has 0 bridgehead atoms. The molecule has 2 heteroatoms. The zero-order valence-corrected chi connectivity index (χ0v) is 10.8. The molecule has 2 aliphatic rings. The van der Waals surface area contributed by atoms with Crippen molar-refractivity contribution in [3.8, 4) is 0 Å². The lowest BCUT2D eigenvalue weighted by Gasteiger charge is -2.45. The number of nitrogens with one attached hydrogen (secondary N) is 1. The first kappa shape index (κ1) is 12.4. The predicted octanol–water partition coefficient (Wildman–Crippen LogP) is 2.71. The van der Waals surface area contributed by atoms with Crippen LogP contribution in [0.1, 0.15) is 58.8 Å². The van der Waals surface area contributed by atoms with Gasteiger partial charge in [-0.15, -0.1) is 0 Å². The molecule has 3 unspecified atom stereocenters. The minimum absolute atomic E-state index is 0.364. The normalized spacial score (nSPS) is 41.2. The lowest BCUT2D eigenvalue weighted by molar-refractivity contribution is -0.0600. The van der Waals surface area contributed by atoms with Crippen molar-refractivity contribution in [2.24, 2.45) is 11.8 Å². The van der Waals surface area contributed by atoms with Crippen molar-refractivity contribution in [3.63, 3.8) is 0 Å². The third-order valence-corrected chi connectivity index (χ3v) is 4.70. The Kier molecular flexibility index (Phi) is 3.91. The fourth-order valence-electron chi connectivity index (χ4n) is 3.52. The molecule has 1 saturated carbocycles. The summed E-state index contributed by atoms with van der Waals surface area (Å²) in [7, 11) is 0. The molecular formula is C14H27NO. The molecule has 16 heavy (non-hydrogen) atoms. The van der Waals surface area contributed by atoms with Crippen molar-refractivity contribution in [2.45, 2.75) is 70.4 Å². The first-order chi connectivity index (χ1) is 7.62. The van der Waals surface area contributed by atoms with Crippen molar-refractivity contribution in [3.05, 3.63) is 0 Å². The van der Waals surface area contributed by atoms with Gasteiger partial charge in [0.25, 0.3) is 0 Å². The number of hydrogen-bond acceptors (Lipinski definition) is 2. The van der Waals surface area contributed by atoms with E-state index < -0.39 is 5.60 Å². The Labute approximate surface area is 99.8 Å². The largest absolute Gasteiger partial charge is 0.388 e. The fourth-order valence-corrected chi connectivity index (χ4v) is 3.52. The van der Waals surface area contributed by atoms with Crippen LogP contribution < -0.4 is 5.32 Å². The van der Waals surface area contributed by atoms with Gasteiger partial charge in [0.15, 0.2) is 0 Å². The van der Waals surface area contributed by atoms with Crippen molar-refractivity contribution >= 4 is 0 Å². The number of aliphatic hydroxyl groups is 1. The van der Waals surface area contributed by atoms with Gasteiger partial charge in [-0.1, -0.05) is 26.7 Å². The highest BCUT2D eigenvalue weighted by Gasteiger charge is 2.41. The molecule has 1 heterocycles. The van der Waals surface area contributed by atoms with Gasteiger partial charge in [0, 0.05) is 6.04 Å². The van der Waals surface area contributed by atoms with Gasteiger partial charge in [0.05, 0.1) is 5.60 Å². The molecule has 0 aromatic rings. The average Bonchev–Trinajstić information content (AvgIpc) is 2.30. The van der Waals surface area contributed by atoms with Gasteiger partial charge in [-0.05, 0) is 50.5 Å². The Balaban J connectivity index is 1.99. The molecule has 1 aliphatic carbocycles. The molecule has 1 aliphatic heterocycles. The van der Waals surface area contributed by atoms with Crippen LogP contribution in [0.3, 0.4) is 0 Å². The molecule has 1 saturated heterocycles. The second-order valence-electron chi connectivity index (χ2n) is 6.21. The third kappa shape index (κ3) is 2.60. The summed E-state index contributed by atoms with van der Waals surface area (Å²) in [5.41, 5.74) is -0.409. The summed E-state index contributed by atoms with van der Waals surface area (Å²) in [6, 6.07) is 0.364. The molecule has 2 rings (SSSR count). The molecule has 0 aromatic heterocycles. The van der Waals surface area contributed by atoms with Crippen LogP contribution in [0.5, 0.6) is 0 Å². The predicted molar refractivity (Wildman–Crippen MR) is 67.4 cm³/mol. The second kappa shape index (κ2) is 5.05. The van der Waals surface area contributed by atoms with E-state index >= 15 is 0 Å². The molecule has 0 aromatic carbocycles. The molecule has 3 atom stereocenters. The number of hydrogen-bond donors (Lipinski definition) is 2. The van der Waals surface area contributed by atoms with Gasteiger partial charge in [-0.3, -0.25) is 0 Å². The monoisotopic (exact) mass is 225 g/mol. The van der Waals surface area contributed by atoms with Crippen LogP contribution in [0.25, 0.3) is 0 Å². The maximum atomic E-state index is 10.9. The third-order valence-electron chi connectivity index (χ3n) is 4.70. The molecule has 2 N–H and O–H groups in total. The van der Waals surface area contributed by atoms with Gasteiger partial charge in [-0.2, -0.15) is 0 Å². The molecule has 0 amide bonds. The summed E-state index contributed by atoms with van der Waals surface area (Å²) in [5, 5.41) is 14.4. The zero-order chi connectivity index (χ0) is 11.6. The Morgan fingerprint density at radius 1 is 1.19 bits per heavy atom. The maximum Gasteiger partial charge on any atom is 0.0802 e. The van der Waals surface area contributed by atoms with Gasteiger partial charge in [-0.25, -0.2) is 0 Å². The van der Waals surface area contributed by atoms with Crippen LogP contribution in [-0.4, -0.2) is 23.3 Å². The van der Waals surface area contributed by atoms with E-state index in [1.54, 1.807) is 0 Å². The first-order valence-electron chi connectivity index (χ1n) is 7.07. The Morgan fingerprint density at radius 2 is 2.00 bits per heavy atom. The van der Waals surface area contributed by atoms with E-state index in [1.807, 2.05) is 0 Å². The molecule has 0 radical (unpaired) electrons. The summed E-state index contributed by atoms with van der Waals surface area (Å²) in [6.45, 7) is 5.69. The van der Waals surface area contributed by atoms with Crippen LogP contribution in [-0.2, 0) is 0 Å². The highest BCUT2D eigenvalue weighted by Crippen LogP contribution is 2.39. The highest BCUT2D eigenvalue weighted by atomic mass is 16.3. The van der Waals surface area contributed by atoms with Gasteiger partial charge >= 0.3 is 0 Å². The first-order valence-corrected chi connectivity index (χ1v) is 7.07. The summed E-state index contributed by atoms with van der Waals surface area (Å²) in [4.78, 5) is 0. The van der Waals surface area contributed by atoms with E-state index in [4.69, 9.17) is 0 Å². The summed E-state index contributed by atoms with van der Waals surface area (Å²) in [5.74, 6) is 1.44. The zero-order valence-electron chi connectivity index (χ0n) is 10.8. The lowest BCUT2D eigenvalue weighted by Crippen LogP contribution is -2.55. The Hall–Kier alpha value is -0.0800. The minimum Gasteiger partial charge on any atom is -0.388 e. The van der Waals surface area contributed by atoms with E-state index in [-0.39, 0.29) is 0 Å².